The highest BCUT2D eigenvalue weighted by atomic mass is 16.4. The molecule has 0 unspecified atom stereocenters. The number of ketones is 1. The summed E-state index contributed by atoms with van der Waals surface area (Å²) in [6, 6.07) is -2.60. The van der Waals surface area contributed by atoms with Crippen molar-refractivity contribution in [1.29, 1.82) is 0 Å². The first-order valence-electron chi connectivity index (χ1n) is 3.83. The molecule has 0 saturated carbocycles. The maximum absolute atomic E-state index is 11.0. The molecule has 14 heavy (non-hydrogen) atoms. The van der Waals surface area contributed by atoms with Crippen molar-refractivity contribution in [3.63, 3.8) is 0 Å². The second-order valence-electron chi connectivity index (χ2n) is 2.84. The Kier molecular flexibility index (Phi) is 4.74. The van der Waals surface area contributed by atoms with Gasteiger partial charge in [-0.2, -0.15) is 0 Å². The highest BCUT2D eigenvalue weighted by Crippen LogP contribution is 1.98. The van der Waals surface area contributed by atoms with Crippen LogP contribution in [0.15, 0.2) is 0 Å². The van der Waals surface area contributed by atoms with Gasteiger partial charge in [0.1, 0.15) is 17.9 Å². The van der Waals surface area contributed by atoms with Crippen LogP contribution in [0.2, 0.25) is 0 Å². The largest absolute Gasteiger partial charge is 0.480 e. The van der Waals surface area contributed by atoms with Gasteiger partial charge in [-0.25, -0.2) is 0 Å². The van der Waals surface area contributed by atoms with Crippen molar-refractivity contribution in [2.24, 2.45) is 11.5 Å². The predicted molar refractivity (Wildman–Crippen MR) is 45.5 cm³/mol. The Labute approximate surface area is 79.7 Å². The molecule has 0 aliphatic rings. The van der Waals surface area contributed by atoms with Crippen molar-refractivity contribution in [2.75, 3.05) is 0 Å². The average Bonchev–Trinajstić information content (AvgIpc) is 2.03. The Morgan fingerprint density at radius 2 is 1.21 bits per heavy atom. The third-order valence-electron chi connectivity index (χ3n) is 1.53. The summed E-state index contributed by atoms with van der Waals surface area (Å²) in [7, 11) is 0. The van der Waals surface area contributed by atoms with Crippen LogP contribution in [0.5, 0.6) is 0 Å². The summed E-state index contributed by atoms with van der Waals surface area (Å²) in [6.45, 7) is 0. The van der Waals surface area contributed by atoms with Crippen LogP contribution in [0.4, 0.5) is 0 Å². The number of hydrogen-bond donors (Lipinski definition) is 4. The summed E-state index contributed by atoms with van der Waals surface area (Å²) in [6.07, 6.45) is -0.813. The minimum atomic E-state index is -1.30. The number of carbonyl (C=O) groups excluding carboxylic acids is 1. The minimum Gasteiger partial charge on any atom is -0.480 e. The molecule has 0 aliphatic carbocycles. The number of hydrogen-bond acceptors (Lipinski definition) is 5. The van der Waals surface area contributed by atoms with Gasteiger partial charge < -0.3 is 21.7 Å². The van der Waals surface area contributed by atoms with E-state index in [2.05, 4.69) is 0 Å². The van der Waals surface area contributed by atoms with Gasteiger partial charge in [-0.1, -0.05) is 0 Å². The molecule has 0 aromatic carbocycles. The summed E-state index contributed by atoms with van der Waals surface area (Å²) >= 11 is 0. The van der Waals surface area contributed by atoms with Crippen LogP contribution in [0.25, 0.3) is 0 Å². The lowest BCUT2D eigenvalue weighted by Gasteiger charge is -2.07. The van der Waals surface area contributed by atoms with E-state index in [4.69, 9.17) is 21.7 Å². The van der Waals surface area contributed by atoms with Gasteiger partial charge >= 0.3 is 11.9 Å². The Morgan fingerprint density at radius 1 is 0.929 bits per heavy atom. The van der Waals surface area contributed by atoms with Gasteiger partial charge in [-0.15, -0.1) is 0 Å². The molecule has 0 bridgehead atoms. The lowest BCUT2D eigenvalue weighted by Crippen LogP contribution is -2.37. The van der Waals surface area contributed by atoms with Gasteiger partial charge in [0, 0.05) is 12.8 Å². The highest BCUT2D eigenvalue weighted by molar-refractivity contribution is 5.89. The van der Waals surface area contributed by atoms with Crippen molar-refractivity contribution in [3.8, 4) is 0 Å². The topological polar surface area (TPSA) is 144 Å². The molecule has 0 amide bonds. The quantitative estimate of drug-likeness (QED) is 0.398. The van der Waals surface area contributed by atoms with Gasteiger partial charge in [-0.05, 0) is 0 Å². The van der Waals surface area contributed by atoms with Crippen LogP contribution in [-0.4, -0.2) is 40.0 Å². The van der Waals surface area contributed by atoms with E-state index >= 15 is 0 Å². The molecule has 0 saturated heterocycles. The standard InChI is InChI=1S/C7H12N2O5/c8-4(6(11)12)1-3(10)2-5(9)7(13)14/h4-5H,1-2,8-9H2,(H,11,12)(H,13,14)/t4-,5+. The molecule has 80 valence electrons. The summed E-state index contributed by atoms with van der Waals surface area (Å²) < 4.78 is 0. The fourth-order valence-electron chi connectivity index (χ4n) is 0.749. The van der Waals surface area contributed by atoms with Crippen LogP contribution < -0.4 is 11.5 Å². The normalized spacial score (nSPS) is 14.4. The van der Waals surface area contributed by atoms with Crippen molar-refractivity contribution in [1.82, 2.24) is 0 Å². The van der Waals surface area contributed by atoms with E-state index in [-0.39, 0.29) is 0 Å². The molecule has 0 aromatic heterocycles. The van der Waals surface area contributed by atoms with Gasteiger partial charge in [0.15, 0.2) is 0 Å². The second-order valence-corrected chi connectivity index (χ2v) is 2.84. The van der Waals surface area contributed by atoms with E-state index in [9.17, 15) is 14.4 Å². The molecule has 7 heteroatoms. The monoisotopic (exact) mass is 204 g/mol. The fourth-order valence-corrected chi connectivity index (χ4v) is 0.749. The maximum Gasteiger partial charge on any atom is 0.320 e. The predicted octanol–water partition coefficient (Wildman–Crippen LogP) is -1.84. The number of aliphatic carboxylic acids is 2. The maximum atomic E-state index is 11.0. The van der Waals surface area contributed by atoms with Crippen LogP contribution in [0, 0.1) is 0 Å². The van der Waals surface area contributed by atoms with E-state index in [0.29, 0.717) is 0 Å². The van der Waals surface area contributed by atoms with E-state index in [1.807, 2.05) is 0 Å². The Morgan fingerprint density at radius 3 is 1.43 bits per heavy atom. The number of Topliss-reactive ketones (excluding diaryl/α,β-unsaturated/α-hetero) is 1. The van der Waals surface area contributed by atoms with Gasteiger partial charge in [-0.3, -0.25) is 14.4 Å². The molecule has 0 fully saturated rings. The molecule has 0 rings (SSSR count). The van der Waals surface area contributed by atoms with E-state index < -0.39 is 42.6 Å². The number of rotatable bonds is 6. The molecular formula is C7H12N2O5. The summed E-state index contributed by atoms with van der Waals surface area (Å²) in [5.74, 6) is -3.18. The van der Waals surface area contributed by atoms with Crippen molar-refractivity contribution in [3.05, 3.63) is 0 Å². The highest BCUT2D eigenvalue weighted by Gasteiger charge is 2.20. The molecule has 0 aliphatic heterocycles. The number of carbonyl (C=O) groups is 3. The molecule has 2 atom stereocenters. The first kappa shape index (κ1) is 12.5. The minimum absolute atomic E-state index is 0.406. The third-order valence-corrected chi connectivity index (χ3v) is 1.53. The zero-order valence-corrected chi connectivity index (χ0v) is 7.34. The van der Waals surface area contributed by atoms with E-state index in [1.54, 1.807) is 0 Å². The lowest BCUT2D eigenvalue weighted by atomic mass is 10.1. The Bertz CT molecular complexity index is 228. The fraction of sp³-hybridized carbons (Fsp3) is 0.571. The molecule has 0 spiro atoms. The smallest absolute Gasteiger partial charge is 0.320 e. The Hall–Kier alpha value is -1.47. The number of nitrogens with two attached hydrogens (primary N) is 2. The summed E-state index contributed by atoms with van der Waals surface area (Å²) in [5, 5.41) is 16.7. The molecule has 6 N–H and O–H groups in total. The Balaban J connectivity index is 3.99. The molecule has 7 nitrogen and oxygen atoms in total. The first-order valence-corrected chi connectivity index (χ1v) is 3.83. The van der Waals surface area contributed by atoms with Gasteiger partial charge in [0.05, 0.1) is 0 Å². The molecular weight excluding hydrogens is 192 g/mol. The van der Waals surface area contributed by atoms with Crippen LogP contribution in [0.3, 0.4) is 0 Å². The number of carboxylic acids is 2. The number of carboxylic acid groups (broad SMARTS) is 2. The van der Waals surface area contributed by atoms with Gasteiger partial charge in [0.25, 0.3) is 0 Å². The first-order chi connectivity index (χ1) is 6.34. The van der Waals surface area contributed by atoms with E-state index in [1.165, 1.54) is 0 Å². The van der Waals surface area contributed by atoms with Crippen LogP contribution in [0.1, 0.15) is 12.8 Å². The van der Waals surface area contributed by atoms with Crippen molar-refractivity contribution >= 4 is 17.7 Å². The lowest BCUT2D eigenvalue weighted by molar-refractivity contribution is -0.141. The van der Waals surface area contributed by atoms with Crippen molar-refractivity contribution < 1.29 is 24.6 Å². The zero-order valence-electron chi connectivity index (χ0n) is 7.34. The second kappa shape index (κ2) is 5.30. The zero-order chi connectivity index (χ0) is 11.3. The van der Waals surface area contributed by atoms with Crippen molar-refractivity contribution in [2.45, 2.75) is 24.9 Å². The van der Waals surface area contributed by atoms with Gasteiger partial charge in [0.2, 0.25) is 0 Å². The van der Waals surface area contributed by atoms with E-state index in [0.717, 1.165) is 0 Å². The van der Waals surface area contributed by atoms with Crippen LogP contribution in [-0.2, 0) is 14.4 Å². The SMILES string of the molecule is N[C@H](CC(=O)C[C@H](N)C(=O)O)C(=O)O. The summed E-state index contributed by atoms with van der Waals surface area (Å²) in [5.41, 5.74) is 10.1. The molecule has 0 radical (unpaired) electrons. The summed E-state index contributed by atoms with van der Waals surface area (Å²) in [4.78, 5) is 31.4. The van der Waals surface area contributed by atoms with Crippen LogP contribution >= 0.6 is 0 Å². The average molecular weight is 204 g/mol. The molecule has 0 aromatic rings. The third kappa shape index (κ3) is 4.53. The molecule has 0 heterocycles.